The van der Waals surface area contributed by atoms with Gasteiger partial charge < -0.3 is 10.1 Å². The maximum absolute atomic E-state index is 12.2. The molecule has 3 rings (SSSR count). The van der Waals surface area contributed by atoms with Crippen molar-refractivity contribution in [2.75, 3.05) is 13.7 Å². The normalized spacial score (nSPS) is 32.7. The Labute approximate surface area is 113 Å². The third-order valence-electron chi connectivity index (χ3n) is 4.84. The summed E-state index contributed by atoms with van der Waals surface area (Å²) in [7, 11) is 1.42. The van der Waals surface area contributed by atoms with Crippen LogP contribution in [0.3, 0.4) is 0 Å². The zero-order valence-corrected chi connectivity index (χ0v) is 11.6. The van der Waals surface area contributed by atoms with E-state index in [1.807, 2.05) is 0 Å². The van der Waals surface area contributed by atoms with Crippen LogP contribution < -0.4 is 5.32 Å². The highest BCUT2D eigenvalue weighted by atomic mass is 16.5. The molecular formula is C14H21NO4. The smallest absolute Gasteiger partial charge is 0.311 e. The van der Waals surface area contributed by atoms with E-state index in [0.717, 1.165) is 0 Å². The zero-order valence-electron chi connectivity index (χ0n) is 11.6. The van der Waals surface area contributed by atoms with Gasteiger partial charge in [0.05, 0.1) is 19.1 Å². The second kappa shape index (κ2) is 4.94. The lowest BCUT2D eigenvalue weighted by Crippen LogP contribution is -2.53. The Morgan fingerprint density at radius 1 is 1.00 bits per heavy atom. The van der Waals surface area contributed by atoms with Crippen LogP contribution in [-0.2, 0) is 19.1 Å². The first-order chi connectivity index (χ1) is 8.94. The summed E-state index contributed by atoms with van der Waals surface area (Å²) in [6, 6.07) is 0. The summed E-state index contributed by atoms with van der Waals surface area (Å²) in [6.45, 7) is 1.56. The fourth-order valence-electron chi connectivity index (χ4n) is 3.44. The summed E-state index contributed by atoms with van der Waals surface area (Å²) >= 11 is 0. The van der Waals surface area contributed by atoms with Gasteiger partial charge in [0.2, 0.25) is 5.91 Å². The molecule has 0 aromatic heterocycles. The number of Topliss-reactive ketones (excluding diaryl/α,β-unsaturated/α-hetero) is 1. The van der Waals surface area contributed by atoms with Crippen molar-refractivity contribution in [3.8, 4) is 0 Å². The molecule has 5 nitrogen and oxygen atoms in total. The highest BCUT2D eigenvalue weighted by molar-refractivity contribution is 5.88. The molecule has 3 fully saturated rings. The second-order valence-corrected chi connectivity index (χ2v) is 5.94. The maximum Gasteiger partial charge on any atom is 0.311 e. The number of amides is 1. The van der Waals surface area contributed by atoms with Gasteiger partial charge in [-0.1, -0.05) is 0 Å². The molecule has 1 N–H and O–H groups in total. The van der Waals surface area contributed by atoms with Crippen molar-refractivity contribution in [1.82, 2.24) is 5.32 Å². The average Bonchev–Trinajstić information content (AvgIpc) is 2.45. The molecule has 0 aliphatic heterocycles. The van der Waals surface area contributed by atoms with Crippen LogP contribution in [0.25, 0.3) is 0 Å². The Balaban J connectivity index is 2.02. The first-order valence-corrected chi connectivity index (χ1v) is 6.80. The van der Waals surface area contributed by atoms with Crippen LogP contribution in [0.1, 0.15) is 45.4 Å². The van der Waals surface area contributed by atoms with Gasteiger partial charge in [-0.15, -0.1) is 0 Å². The Kier molecular flexibility index (Phi) is 3.65. The van der Waals surface area contributed by atoms with E-state index < -0.39 is 0 Å². The molecule has 0 atom stereocenters. The molecular weight excluding hydrogens is 246 g/mol. The Bertz CT molecular complexity index is 391. The summed E-state index contributed by atoms with van der Waals surface area (Å²) < 4.78 is 4.90. The fraction of sp³-hybridized carbons (Fsp3) is 0.786. The molecule has 3 aliphatic carbocycles. The number of nitrogens with one attached hydrogen (secondary N) is 1. The monoisotopic (exact) mass is 267 g/mol. The average molecular weight is 267 g/mol. The summed E-state index contributed by atoms with van der Waals surface area (Å²) in [6.07, 6.45) is 4.29. The van der Waals surface area contributed by atoms with Crippen LogP contribution in [-0.4, -0.2) is 31.3 Å². The topological polar surface area (TPSA) is 72.5 Å². The SMILES string of the molecule is COC(=O)C12CCC(C(=O)NCC(C)=O)(CC1)CC2. The number of carbonyl (C=O) groups excluding carboxylic acids is 3. The summed E-state index contributed by atoms with van der Waals surface area (Å²) in [5, 5.41) is 2.72. The van der Waals surface area contributed by atoms with Gasteiger partial charge in [-0.2, -0.15) is 0 Å². The van der Waals surface area contributed by atoms with E-state index in [0.29, 0.717) is 38.5 Å². The second-order valence-electron chi connectivity index (χ2n) is 5.94. The molecule has 5 heteroatoms. The van der Waals surface area contributed by atoms with E-state index in [1.54, 1.807) is 0 Å². The minimum absolute atomic E-state index is 0.0270. The molecule has 3 aliphatic rings. The van der Waals surface area contributed by atoms with E-state index in [4.69, 9.17) is 4.74 Å². The van der Waals surface area contributed by atoms with Crippen molar-refractivity contribution in [3.63, 3.8) is 0 Å². The lowest BCUT2D eigenvalue weighted by Gasteiger charge is -2.50. The largest absolute Gasteiger partial charge is 0.469 e. The molecule has 0 radical (unpaired) electrons. The minimum atomic E-state index is -0.370. The van der Waals surface area contributed by atoms with Crippen LogP contribution in [0.15, 0.2) is 0 Å². The molecule has 106 valence electrons. The number of carbonyl (C=O) groups is 3. The zero-order chi connectivity index (χ0) is 14.1. The first-order valence-electron chi connectivity index (χ1n) is 6.80. The minimum Gasteiger partial charge on any atom is -0.469 e. The van der Waals surface area contributed by atoms with Crippen LogP contribution >= 0.6 is 0 Å². The van der Waals surface area contributed by atoms with Crippen LogP contribution in [0.2, 0.25) is 0 Å². The Hall–Kier alpha value is -1.39. The van der Waals surface area contributed by atoms with Crippen molar-refractivity contribution in [2.24, 2.45) is 10.8 Å². The van der Waals surface area contributed by atoms with Crippen molar-refractivity contribution < 1.29 is 19.1 Å². The fourth-order valence-corrected chi connectivity index (χ4v) is 3.44. The predicted molar refractivity (Wildman–Crippen MR) is 68.3 cm³/mol. The summed E-state index contributed by atoms with van der Waals surface area (Å²) in [5.41, 5.74) is -0.734. The third-order valence-corrected chi connectivity index (χ3v) is 4.84. The Morgan fingerprint density at radius 2 is 1.47 bits per heavy atom. The van der Waals surface area contributed by atoms with E-state index in [-0.39, 0.29) is 35.0 Å². The molecule has 3 saturated carbocycles. The number of ether oxygens (including phenoxy) is 1. The highest BCUT2D eigenvalue weighted by Gasteiger charge is 2.55. The van der Waals surface area contributed by atoms with Crippen molar-refractivity contribution in [1.29, 1.82) is 0 Å². The number of hydrogen-bond donors (Lipinski definition) is 1. The number of rotatable bonds is 4. The molecule has 19 heavy (non-hydrogen) atoms. The number of methoxy groups -OCH3 is 1. The summed E-state index contributed by atoms with van der Waals surface area (Å²) in [5.74, 6) is -0.203. The lowest BCUT2D eigenvalue weighted by molar-refractivity contribution is -0.166. The van der Waals surface area contributed by atoms with Gasteiger partial charge in [0.25, 0.3) is 0 Å². The Morgan fingerprint density at radius 3 is 1.89 bits per heavy atom. The third kappa shape index (κ3) is 2.38. The molecule has 2 bridgehead atoms. The van der Waals surface area contributed by atoms with E-state index >= 15 is 0 Å². The van der Waals surface area contributed by atoms with Gasteiger partial charge in [-0.3, -0.25) is 14.4 Å². The van der Waals surface area contributed by atoms with Crippen molar-refractivity contribution in [2.45, 2.75) is 45.4 Å². The number of ketones is 1. The van der Waals surface area contributed by atoms with Gasteiger partial charge in [0, 0.05) is 5.41 Å². The lowest BCUT2D eigenvalue weighted by atomic mass is 9.53. The van der Waals surface area contributed by atoms with Gasteiger partial charge >= 0.3 is 5.97 Å². The molecule has 0 aromatic rings. The van der Waals surface area contributed by atoms with Crippen LogP contribution in [0, 0.1) is 10.8 Å². The maximum atomic E-state index is 12.2. The van der Waals surface area contributed by atoms with Crippen molar-refractivity contribution in [3.05, 3.63) is 0 Å². The quantitative estimate of drug-likeness (QED) is 0.777. The standard InChI is InChI=1S/C14H21NO4/c1-10(16)9-15-11(17)13-3-6-14(7-4-13,8-5-13)12(18)19-2/h3-9H2,1-2H3,(H,15,17). The van der Waals surface area contributed by atoms with Crippen LogP contribution in [0.5, 0.6) is 0 Å². The highest BCUT2D eigenvalue weighted by Crippen LogP contribution is 2.57. The molecule has 0 spiro atoms. The molecule has 0 unspecified atom stereocenters. The molecule has 0 saturated heterocycles. The number of fused-ring (bicyclic) bond motifs is 3. The summed E-state index contributed by atoms with van der Waals surface area (Å²) in [4.78, 5) is 35.0. The predicted octanol–water partition coefficient (Wildman–Crippen LogP) is 1.21. The molecule has 0 aromatic carbocycles. The first kappa shape index (κ1) is 14.0. The number of hydrogen-bond acceptors (Lipinski definition) is 4. The van der Waals surface area contributed by atoms with Crippen molar-refractivity contribution >= 4 is 17.7 Å². The van der Waals surface area contributed by atoms with Gasteiger partial charge in [-0.05, 0) is 45.4 Å². The number of esters is 1. The van der Waals surface area contributed by atoms with E-state index in [9.17, 15) is 14.4 Å². The molecule has 0 heterocycles. The molecule has 1 amide bonds. The van der Waals surface area contributed by atoms with E-state index in [1.165, 1.54) is 14.0 Å². The van der Waals surface area contributed by atoms with Gasteiger partial charge in [0.15, 0.2) is 0 Å². The van der Waals surface area contributed by atoms with Gasteiger partial charge in [-0.25, -0.2) is 0 Å². The van der Waals surface area contributed by atoms with Gasteiger partial charge in [0.1, 0.15) is 5.78 Å². The van der Waals surface area contributed by atoms with E-state index in [2.05, 4.69) is 5.32 Å². The van der Waals surface area contributed by atoms with Crippen LogP contribution in [0.4, 0.5) is 0 Å².